The molecule has 0 unspecified atom stereocenters. The Labute approximate surface area is 186 Å². The van der Waals surface area contributed by atoms with Crippen molar-refractivity contribution >= 4 is 23.4 Å². The number of aryl methyl sites for hydroxylation is 1. The quantitative estimate of drug-likeness (QED) is 0.581. The Bertz CT molecular complexity index is 1100. The largest absolute Gasteiger partial charge is 0.457 e. The van der Waals surface area contributed by atoms with Gasteiger partial charge >= 0.3 is 0 Å². The molecule has 6 nitrogen and oxygen atoms in total. The van der Waals surface area contributed by atoms with Gasteiger partial charge in [0.15, 0.2) is 0 Å². The Morgan fingerprint density at radius 2 is 1.44 bits per heavy atom. The van der Waals surface area contributed by atoms with E-state index in [1.165, 1.54) is 4.90 Å². The number of anilines is 1. The van der Waals surface area contributed by atoms with E-state index >= 15 is 0 Å². The summed E-state index contributed by atoms with van der Waals surface area (Å²) < 4.78 is 5.81. The highest BCUT2D eigenvalue weighted by Crippen LogP contribution is 2.65. The zero-order valence-corrected chi connectivity index (χ0v) is 17.7. The second-order valence-electron chi connectivity index (χ2n) is 9.40. The van der Waals surface area contributed by atoms with Crippen LogP contribution in [0.4, 0.5) is 5.69 Å². The molecule has 0 aromatic heterocycles. The molecule has 162 valence electrons. The standard InChI is InChI=1S/C26H24N2O4/c1-14-2-6-16(7-3-14)32-17-8-4-15(5-9-17)27-22(29)13-28-25(30)23-18-10-11-19(21-12-20(18)21)24(23)26(28)31/h2-11,18-21,23-24H,12-13H2,1H3,(H,27,29)/t18-,19-,20-,21+,23-,24+/m1/s1. The van der Waals surface area contributed by atoms with Crippen LogP contribution < -0.4 is 10.1 Å². The van der Waals surface area contributed by atoms with Crippen molar-refractivity contribution < 1.29 is 19.1 Å². The summed E-state index contributed by atoms with van der Waals surface area (Å²) in [7, 11) is 0. The summed E-state index contributed by atoms with van der Waals surface area (Å²) in [5.74, 6) is 1.56. The first kappa shape index (κ1) is 19.3. The van der Waals surface area contributed by atoms with E-state index in [4.69, 9.17) is 4.74 Å². The Morgan fingerprint density at radius 3 is 2.00 bits per heavy atom. The van der Waals surface area contributed by atoms with Crippen LogP contribution in [-0.4, -0.2) is 29.2 Å². The third kappa shape index (κ3) is 3.05. The van der Waals surface area contributed by atoms with Gasteiger partial charge in [-0.1, -0.05) is 29.8 Å². The van der Waals surface area contributed by atoms with Crippen molar-refractivity contribution in [3.8, 4) is 11.5 Å². The molecule has 4 aliphatic carbocycles. The topological polar surface area (TPSA) is 75.7 Å². The highest BCUT2D eigenvalue weighted by Gasteiger charge is 2.67. The van der Waals surface area contributed by atoms with Crippen molar-refractivity contribution in [1.82, 2.24) is 4.90 Å². The van der Waals surface area contributed by atoms with Crippen LogP contribution in [-0.2, 0) is 14.4 Å². The molecule has 1 N–H and O–H groups in total. The van der Waals surface area contributed by atoms with Crippen molar-refractivity contribution in [2.75, 3.05) is 11.9 Å². The van der Waals surface area contributed by atoms with Gasteiger partial charge in [0.05, 0.1) is 11.8 Å². The Balaban J connectivity index is 1.09. The second kappa shape index (κ2) is 7.05. The maximum Gasteiger partial charge on any atom is 0.244 e. The van der Waals surface area contributed by atoms with Gasteiger partial charge in [0.1, 0.15) is 18.0 Å². The van der Waals surface area contributed by atoms with Gasteiger partial charge in [-0.25, -0.2) is 0 Å². The summed E-state index contributed by atoms with van der Waals surface area (Å²) in [6, 6.07) is 14.8. The SMILES string of the molecule is Cc1ccc(Oc2ccc(NC(=O)CN3C(=O)[C@@H]4[C@@H]5C=C[C@H]([C@@H]6C[C@H]56)[C@@H]4C3=O)cc2)cc1. The monoisotopic (exact) mass is 428 g/mol. The third-order valence-corrected chi connectivity index (χ3v) is 7.45. The van der Waals surface area contributed by atoms with Crippen LogP contribution in [0.2, 0.25) is 0 Å². The molecule has 6 atom stereocenters. The molecule has 1 saturated heterocycles. The summed E-state index contributed by atoms with van der Waals surface area (Å²) in [5.41, 5.74) is 1.75. The number of nitrogens with one attached hydrogen (secondary N) is 1. The number of amides is 3. The molecular weight excluding hydrogens is 404 g/mol. The molecule has 3 fully saturated rings. The highest BCUT2D eigenvalue weighted by molar-refractivity contribution is 6.09. The summed E-state index contributed by atoms with van der Waals surface area (Å²) >= 11 is 0. The highest BCUT2D eigenvalue weighted by atomic mass is 16.5. The maximum absolute atomic E-state index is 13.0. The molecule has 0 spiro atoms. The van der Waals surface area contributed by atoms with Crippen LogP contribution in [0.3, 0.4) is 0 Å². The summed E-state index contributed by atoms with van der Waals surface area (Å²) in [5, 5.41) is 2.79. The number of hydrogen-bond acceptors (Lipinski definition) is 4. The molecule has 2 bridgehead atoms. The summed E-state index contributed by atoms with van der Waals surface area (Å²) in [6.45, 7) is 1.78. The van der Waals surface area contributed by atoms with E-state index in [0.717, 1.165) is 17.7 Å². The van der Waals surface area contributed by atoms with Gasteiger partial charge in [-0.2, -0.15) is 0 Å². The van der Waals surface area contributed by atoms with E-state index in [9.17, 15) is 14.4 Å². The molecule has 1 heterocycles. The van der Waals surface area contributed by atoms with Gasteiger partial charge in [-0.15, -0.1) is 0 Å². The van der Waals surface area contributed by atoms with E-state index in [-0.39, 0.29) is 47.9 Å². The van der Waals surface area contributed by atoms with Crippen LogP contribution >= 0.6 is 0 Å². The lowest BCUT2D eigenvalue weighted by Gasteiger charge is -2.37. The number of hydrogen-bond donors (Lipinski definition) is 1. The van der Waals surface area contributed by atoms with Gasteiger partial charge in [0.25, 0.3) is 0 Å². The molecule has 3 amide bonds. The van der Waals surface area contributed by atoms with Gasteiger partial charge < -0.3 is 10.1 Å². The molecule has 6 heteroatoms. The number of rotatable bonds is 5. The van der Waals surface area contributed by atoms with Gasteiger partial charge in [0.2, 0.25) is 17.7 Å². The maximum atomic E-state index is 13.0. The van der Waals surface area contributed by atoms with Crippen molar-refractivity contribution in [1.29, 1.82) is 0 Å². The fraction of sp³-hybridized carbons (Fsp3) is 0.346. The number of carbonyl (C=O) groups excluding carboxylic acids is 3. The predicted molar refractivity (Wildman–Crippen MR) is 118 cm³/mol. The fourth-order valence-electron chi connectivity index (χ4n) is 5.87. The number of allylic oxidation sites excluding steroid dienone is 2. The molecule has 2 aromatic rings. The number of carbonyl (C=O) groups is 3. The summed E-state index contributed by atoms with van der Waals surface area (Å²) in [6.07, 6.45) is 5.39. The first-order valence-corrected chi connectivity index (χ1v) is 11.2. The zero-order valence-electron chi connectivity index (χ0n) is 17.7. The Morgan fingerprint density at radius 1 is 0.906 bits per heavy atom. The second-order valence-corrected chi connectivity index (χ2v) is 9.40. The van der Waals surface area contributed by atoms with Crippen LogP contribution in [0.1, 0.15) is 12.0 Å². The number of ether oxygens (including phenoxy) is 1. The van der Waals surface area contributed by atoms with Crippen LogP contribution in [0.5, 0.6) is 11.5 Å². The Kier molecular flexibility index (Phi) is 4.25. The molecule has 7 rings (SSSR count). The van der Waals surface area contributed by atoms with Crippen LogP contribution in [0.25, 0.3) is 0 Å². The van der Waals surface area contributed by atoms with Gasteiger partial charge in [-0.05, 0) is 73.4 Å². The normalized spacial score (nSPS) is 31.3. The van der Waals surface area contributed by atoms with E-state index in [2.05, 4.69) is 17.5 Å². The average molecular weight is 428 g/mol. The Hall–Kier alpha value is -3.41. The van der Waals surface area contributed by atoms with E-state index in [1.54, 1.807) is 24.3 Å². The smallest absolute Gasteiger partial charge is 0.244 e. The van der Waals surface area contributed by atoms with Crippen LogP contribution in [0.15, 0.2) is 60.7 Å². The van der Waals surface area contributed by atoms with Crippen molar-refractivity contribution in [3.63, 3.8) is 0 Å². The molecule has 32 heavy (non-hydrogen) atoms. The van der Waals surface area contributed by atoms with Crippen LogP contribution in [0, 0.1) is 42.4 Å². The first-order valence-electron chi connectivity index (χ1n) is 11.2. The van der Waals surface area contributed by atoms with E-state index in [0.29, 0.717) is 23.3 Å². The first-order chi connectivity index (χ1) is 15.5. The molecule has 5 aliphatic rings. The molecule has 2 aromatic carbocycles. The number of likely N-dealkylation sites (tertiary alicyclic amines) is 1. The number of imide groups is 1. The molecular formula is C26H24N2O4. The molecule has 0 radical (unpaired) electrons. The fourth-order valence-corrected chi connectivity index (χ4v) is 5.87. The molecule has 2 saturated carbocycles. The van der Waals surface area contributed by atoms with E-state index < -0.39 is 0 Å². The molecule has 1 aliphatic heterocycles. The zero-order chi connectivity index (χ0) is 22.0. The third-order valence-electron chi connectivity index (χ3n) is 7.45. The average Bonchev–Trinajstić information content (AvgIpc) is 3.58. The lowest BCUT2D eigenvalue weighted by atomic mass is 9.63. The minimum Gasteiger partial charge on any atom is -0.457 e. The van der Waals surface area contributed by atoms with Gasteiger partial charge in [0, 0.05) is 5.69 Å². The lowest BCUT2D eigenvalue weighted by Crippen LogP contribution is -2.40. The van der Waals surface area contributed by atoms with Crippen molar-refractivity contribution in [2.24, 2.45) is 35.5 Å². The van der Waals surface area contributed by atoms with Gasteiger partial charge in [-0.3, -0.25) is 19.3 Å². The van der Waals surface area contributed by atoms with Crippen molar-refractivity contribution in [2.45, 2.75) is 13.3 Å². The lowest BCUT2D eigenvalue weighted by molar-refractivity contribution is -0.142. The van der Waals surface area contributed by atoms with Crippen molar-refractivity contribution in [3.05, 3.63) is 66.2 Å². The number of benzene rings is 2. The summed E-state index contributed by atoms with van der Waals surface area (Å²) in [4.78, 5) is 39.8. The minimum atomic E-state index is -0.372. The minimum absolute atomic E-state index is 0.167. The number of nitrogens with zero attached hydrogens (tertiary/aromatic N) is 1. The van der Waals surface area contributed by atoms with E-state index in [1.807, 2.05) is 31.2 Å². The predicted octanol–water partition coefficient (Wildman–Crippen LogP) is 3.78.